The zero-order valence-electron chi connectivity index (χ0n) is 9.47. The van der Waals surface area contributed by atoms with Crippen molar-refractivity contribution in [3.8, 4) is 17.0 Å². The van der Waals surface area contributed by atoms with Crippen molar-refractivity contribution in [3.05, 3.63) is 48.5 Å². The summed E-state index contributed by atoms with van der Waals surface area (Å²) < 4.78 is 5.15. The number of nitrogens with zero attached hydrogens (tertiary/aromatic N) is 1. The second-order valence-electron chi connectivity index (χ2n) is 3.85. The van der Waals surface area contributed by atoms with Crippen LogP contribution in [0.2, 0.25) is 0 Å². The first-order valence-electron chi connectivity index (χ1n) is 5.46. The van der Waals surface area contributed by atoms with E-state index in [0.717, 1.165) is 27.9 Å². The van der Waals surface area contributed by atoms with Crippen LogP contribution in [0.5, 0.6) is 5.75 Å². The normalized spacial score (nSPS) is 10.6. The minimum Gasteiger partial charge on any atom is -0.497 e. The Balaban J connectivity index is 2.13. The number of benzene rings is 2. The second-order valence-corrected chi connectivity index (χ2v) is 3.85. The van der Waals surface area contributed by atoms with Gasteiger partial charge < -0.3 is 4.74 Å². The Morgan fingerprint density at radius 1 is 1.00 bits per heavy atom. The molecule has 0 bridgehead atoms. The van der Waals surface area contributed by atoms with E-state index in [1.54, 1.807) is 7.11 Å². The lowest BCUT2D eigenvalue weighted by atomic mass is 10.1. The molecule has 1 heterocycles. The summed E-state index contributed by atoms with van der Waals surface area (Å²) in [7, 11) is 1.67. The van der Waals surface area contributed by atoms with Gasteiger partial charge in [0.05, 0.1) is 18.3 Å². The fraction of sp³-hybridized carbons (Fsp3) is 0.0714. The Morgan fingerprint density at radius 3 is 2.53 bits per heavy atom. The standard InChI is InChI=1S/C14H12N2O/c1-17-11-8-6-10(7-9-11)14-12-4-2-3-5-13(12)15-16-14/h2-9H,1H3,(H,15,16). The van der Waals surface area contributed by atoms with Crippen LogP contribution in [0.4, 0.5) is 0 Å². The predicted octanol–water partition coefficient (Wildman–Crippen LogP) is 3.24. The molecule has 3 aromatic rings. The number of aromatic amines is 1. The van der Waals surface area contributed by atoms with Crippen LogP contribution in [0.25, 0.3) is 22.2 Å². The second kappa shape index (κ2) is 3.94. The maximum Gasteiger partial charge on any atom is 0.118 e. The number of para-hydroxylation sites is 1. The van der Waals surface area contributed by atoms with Gasteiger partial charge in [-0.3, -0.25) is 5.10 Å². The highest BCUT2D eigenvalue weighted by Gasteiger charge is 2.06. The van der Waals surface area contributed by atoms with Gasteiger partial charge >= 0.3 is 0 Å². The average molecular weight is 224 g/mol. The van der Waals surface area contributed by atoms with Gasteiger partial charge in [0, 0.05) is 10.9 Å². The number of hydrogen-bond acceptors (Lipinski definition) is 2. The van der Waals surface area contributed by atoms with Crippen LogP contribution in [0.1, 0.15) is 0 Å². The summed E-state index contributed by atoms with van der Waals surface area (Å²) >= 11 is 0. The van der Waals surface area contributed by atoms with Gasteiger partial charge in [-0.25, -0.2) is 0 Å². The molecule has 3 heteroatoms. The zero-order chi connectivity index (χ0) is 11.7. The molecule has 0 atom stereocenters. The van der Waals surface area contributed by atoms with Crippen molar-refractivity contribution in [2.45, 2.75) is 0 Å². The molecule has 0 saturated carbocycles. The number of methoxy groups -OCH3 is 1. The van der Waals surface area contributed by atoms with E-state index in [0.29, 0.717) is 0 Å². The van der Waals surface area contributed by atoms with Crippen LogP contribution in [-0.2, 0) is 0 Å². The minimum absolute atomic E-state index is 0.855. The van der Waals surface area contributed by atoms with Crippen molar-refractivity contribution in [1.82, 2.24) is 10.2 Å². The Kier molecular flexibility index (Phi) is 2.29. The van der Waals surface area contributed by atoms with Crippen LogP contribution >= 0.6 is 0 Å². The van der Waals surface area contributed by atoms with Crippen LogP contribution in [0.3, 0.4) is 0 Å². The summed E-state index contributed by atoms with van der Waals surface area (Å²) in [5, 5.41) is 8.53. The molecular weight excluding hydrogens is 212 g/mol. The largest absolute Gasteiger partial charge is 0.497 e. The number of rotatable bonds is 2. The highest BCUT2D eigenvalue weighted by molar-refractivity contribution is 5.92. The molecule has 0 aliphatic rings. The van der Waals surface area contributed by atoms with Crippen molar-refractivity contribution in [2.75, 3.05) is 7.11 Å². The summed E-state index contributed by atoms with van der Waals surface area (Å²) in [6.45, 7) is 0. The van der Waals surface area contributed by atoms with Crippen molar-refractivity contribution < 1.29 is 4.74 Å². The van der Waals surface area contributed by atoms with Gasteiger partial charge in [0.25, 0.3) is 0 Å². The maximum atomic E-state index is 5.15. The molecule has 0 saturated heterocycles. The molecule has 0 amide bonds. The molecule has 17 heavy (non-hydrogen) atoms. The van der Waals surface area contributed by atoms with Gasteiger partial charge in [-0.15, -0.1) is 0 Å². The summed E-state index contributed by atoms with van der Waals surface area (Å²) in [5.41, 5.74) is 3.12. The van der Waals surface area contributed by atoms with E-state index in [1.807, 2.05) is 42.5 Å². The quantitative estimate of drug-likeness (QED) is 0.725. The Labute approximate surface area is 99.0 Å². The summed E-state index contributed by atoms with van der Waals surface area (Å²) in [6, 6.07) is 16.0. The first kappa shape index (κ1) is 9.90. The molecule has 0 unspecified atom stereocenters. The lowest BCUT2D eigenvalue weighted by Crippen LogP contribution is -1.83. The number of H-pyrrole nitrogens is 1. The van der Waals surface area contributed by atoms with Crippen LogP contribution < -0.4 is 4.74 Å². The van der Waals surface area contributed by atoms with Crippen molar-refractivity contribution in [1.29, 1.82) is 0 Å². The molecule has 84 valence electrons. The maximum absolute atomic E-state index is 5.15. The highest BCUT2D eigenvalue weighted by Crippen LogP contribution is 2.27. The number of fused-ring (bicyclic) bond motifs is 1. The van der Waals surface area contributed by atoms with E-state index < -0.39 is 0 Å². The van der Waals surface area contributed by atoms with E-state index in [2.05, 4.69) is 16.3 Å². The van der Waals surface area contributed by atoms with Gasteiger partial charge in [-0.05, 0) is 30.3 Å². The van der Waals surface area contributed by atoms with Gasteiger partial charge in [0.2, 0.25) is 0 Å². The zero-order valence-corrected chi connectivity index (χ0v) is 9.47. The molecule has 1 aromatic heterocycles. The minimum atomic E-state index is 0.855. The fourth-order valence-electron chi connectivity index (χ4n) is 1.93. The Hall–Kier alpha value is -2.29. The van der Waals surface area contributed by atoms with Crippen molar-refractivity contribution >= 4 is 10.9 Å². The third kappa shape index (κ3) is 1.65. The monoisotopic (exact) mass is 224 g/mol. The van der Waals surface area contributed by atoms with Gasteiger partial charge in [0.1, 0.15) is 5.75 Å². The SMILES string of the molecule is COc1ccc(-c2n[nH]c3ccccc23)cc1. The smallest absolute Gasteiger partial charge is 0.118 e. The van der Waals surface area contributed by atoms with E-state index in [9.17, 15) is 0 Å². The molecular formula is C14H12N2O. The lowest BCUT2D eigenvalue weighted by molar-refractivity contribution is 0.415. The van der Waals surface area contributed by atoms with Gasteiger partial charge in [-0.2, -0.15) is 5.10 Å². The first-order chi connectivity index (χ1) is 8.38. The van der Waals surface area contributed by atoms with E-state index in [1.165, 1.54) is 0 Å². The highest BCUT2D eigenvalue weighted by atomic mass is 16.5. The Morgan fingerprint density at radius 2 is 1.76 bits per heavy atom. The van der Waals surface area contributed by atoms with Crippen LogP contribution in [-0.4, -0.2) is 17.3 Å². The molecule has 0 aliphatic carbocycles. The van der Waals surface area contributed by atoms with E-state index in [4.69, 9.17) is 4.74 Å². The predicted molar refractivity (Wildman–Crippen MR) is 68.1 cm³/mol. The molecule has 0 fully saturated rings. The van der Waals surface area contributed by atoms with Crippen molar-refractivity contribution in [2.24, 2.45) is 0 Å². The van der Waals surface area contributed by atoms with E-state index in [-0.39, 0.29) is 0 Å². The molecule has 3 nitrogen and oxygen atoms in total. The lowest BCUT2D eigenvalue weighted by Gasteiger charge is -2.01. The van der Waals surface area contributed by atoms with Crippen LogP contribution in [0.15, 0.2) is 48.5 Å². The molecule has 3 rings (SSSR count). The topological polar surface area (TPSA) is 37.9 Å². The summed E-state index contributed by atoms with van der Waals surface area (Å²) in [5.74, 6) is 0.855. The first-order valence-corrected chi connectivity index (χ1v) is 5.46. The van der Waals surface area contributed by atoms with Crippen molar-refractivity contribution in [3.63, 3.8) is 0 Å². The third-order valence-corrected chi connectivity index (χ3v) is 2.83. The number of ether oxygens (including phenoxy) is 1. The molecule has 0 radical (unpaired) electrons. The van der Waals surface area contributed by atoms with Gasteiger partial charge in [-0.1, -0.05) is 18.2 Å². The molecule has 1 N–H and O–H groups in total. The molecule has 0 aliphatic heterocycles. The molecule has 2 aromatic carbocycles. The summed E-state index contributed by atoms with van der Waals surface area (Å²) in [6.07, 6.45) is 0. The summed E-state index contributed by atoms with van der Waals surface area (Å²) in [4.78, 5) is 0. The number of aromatic nitrogens is 2. The Bertz CT molecular complexity index is 641. The fourth-order valence-corrected chi connectivity index (χ4v) is 1.93. The number of nitrogens with one attached hydrogen (secondary N) is 1. The third-order valence-electron chi connectivity index (χ3n) is 2.83. The number of hydrogen-bond donors (Lipinski definition) is 1. The van der Waals surface area contributed by atoms with Gasteiger partial charge in [0.15, 0.2) is 0 Å². The average Bonchev–Trinajstić information content (AvgIpc) is 2.83. The van der Waals surface area contributed by atoms with Crippen LogP contribution in [0, 0.1) is 0 Å². The van der Waals surface area contributed by atoms with E-state index >= 15 is 0 Å². The molecule has 0 spiro atoms.